The molecule has 1 unspecified atom stereocenters. The van der Waals surface area contributed by atoms with Gasteiger partial charge >= 0.3 is 0 Å². The summed E-state index contributed by atoms with van der Waals surface area (Å²) in [6.07, 6.45) is 6.10. The van der Waals surface area contributed by atoms with Crippen LogP contribution in [0, 0.1) is 12.3 Å². The normalized spacial score (nSPS) is 22.6. The molecule has 4 rings (SSSR count). The van der Waals surface area contributed by atoms with Crippen molar-refractivity contribution in [2.24, 2.45) is 5.41 Å². The number of carbonyl (C=O) groups is 2. The predicted molar refractivity (Wildman–Crippen MR) is 102 cm³/mol. The van der Waals surface area contributed by atoms with Crippen LogP contribution in [-0.2, 0) is 22.7 Å². The summed E-state index contributed by atoms with van der Waals surface area (Å²) < 4.78 is 1.64. The van der Waals surface area contributed by atoms with Crippen LogP contribution in [0.15, 0.2) is 42.7 Å². The second-order valence-corrected chi connectivity index (χ2v) is 7.87. The monoisotopic (exact) mass is 366 g/mol. The Morgan fingerprint density at radius 2 is 2.11 bits per heavy atom. The second-order valence-electron chi connectivity index (χ2n) is 7.87. The van der Waals surface area contributed by atoms with Crippen LogP contribution in [0.4, 0.5) is 0 Å². The lowest BCUT2D eigenvalue weighted by Crippen LogP contribution is -2.50. The smallest absolute Gasteiger partial charge is 0.244 e. The molecule has 2 fully saturated rings. The molecular formula is C21H26N4O2. The number of amides is 2. The SMILES string of the molecule is Cc1cccc(CN2CCCC3(CCN(C(=O)Cn4cccn4)C3)C2=O)c1. The van der Waals surface area contributed by atoms with Crippen LogP contribution in [0.5, 0.6) is 0 Å². The standard InChI is InChI=1S/C21H26N4O2/c1-17-5-2-6-18(13-17)14-23-10-3-7-21(20(23)27)8-12-24(16-21)19(26)15-25-11-4-9-22-25/h2,4-6,9,11,13H,3,7-8,10,12,14-16H2,1H3. The van der Waals surface area contributed by atoms with Gasteiger partial charge in [-0.05, 0) is 37.8 Å². The molecule has 6 nitrogen and oxygen atoms in total. The average molecular weight is 366 g/mol. The molecule has 2 aliphatic rings. The summed E-state index contributed by atoms with van der Waals surface area (Å²) in [6.45, 7) is 4.97. The highest BCUT2D eigenvalue weighted by atomic mass is 16.2. The van der Waals surface area contributed by atoms with Crippen molar-refractivity contribution in [3.8, 4) is 0 Å². The molecule has 2 aromatic rings. The number of benzene rings is 1. The van der Waals surface area contributed by atoms with Crippen LogP contribution in [0.25, 0.3) is 0 Å². The van der Waals surface area contributed by atoms with E-state index >= 15 is 0 Å². The topological polar surface area (TPSA) is 58.4 Å². The Morgan fingerprint density at radius 3 is 2.89 bits per heavy atom. The van der Waals surface area contributed by atoms with Gasteiger partial charge < -0.3 is 9.80 Å². The summed E-state index contributed by atoms with van der Waals surface area (Å²) in [6, 6.07) is 10.1. The van der Waals surface area contributed by atoms with Crippen molar-refractivity contribution in [1.82, 2.24) is 19.6 Å². The molecule has 3 heterocycles. The van der Waals surface area contributed by atoms with Gasteiger partial charge in [0.05, 0.1) is 5.41 Å². The predicted octanol–water partition coefficient (Wildman–Crippen LogP) is 2.23. The van der Waals surface area contributed by atoms with Crippen molar-refractivity contribution in [3.63, 3.8) is 0 Å². The van der Waals surface area contributed by atoms with Crippen LogP contribution in [0.2, 0.25) is 0 Å². The number of nitrogens with zero attached hydrogens (tertiary/aromatic N) is 4. The van der Waals surface area contributed by atoms with E-state index in [-0.39, 0.29) is 18.4 Å². The Labute approximate surface area is 159 Å². The Kier molecular flexibility index (Phi) is 4.72. The van der Waals surface area contributed by atoms with Crippen molar-refractivity contribution in [1.29, 1.82) is 0 Å². The van der Waals surface area contributed by atoms with Crippen LogP contribution in [0.3, 0.4) is 0 Å². The number of hydrogen-bond acceptors (Lipinski definition) is 3. The fourth-order valence-corrected chi connectivity index (χ4v) is 4.43. The molecule has 142 valence electrons. The summed E-state index contributed by atoms with van der Waals surface area (Å²) >= 11 is 0. The van der Waals surface area contributed by atoms with E-state index < -0.39 is 5.41 Å². The van der Waals surface area contributed by atoms with Gasteiger partial charge in [-0.3, -0.25) is 14.3 Å². The van der Waals surface area contributed by atoms with E-state index in [9.17, 15) is 9.59 Å². The maximum Gasteiger partial charge on any atom is 0.244 e. The molecule has 0 aliphatic carbocycles. The fraction of sp³-hybridized carbons (Fsp3) is 0.476. The van der Waals surface area contributed by atoms with Gasteiger partial charge in [0.15, 0.2) is 0 Å². The second kappa shape index (κ2) is 7.18. The van der Waals surface area contributed by atoms with Crippen molar-refractivity contribution in [2.45, 2.75) is 39.3 Å². The molecule has 1 aromatic heterocycles. The molecule has 0 radical (unpaired) electrons. The molecule has 6 heteroatoms. The third-order valence-electron chi connectivity index (χ3n) is 5.84. The van der Waals surface area contributed by atoms with E-state index in [1.54, 1.807) is 17.1 Å². The largest absolute Gasteiger partial charge is 0.340 e. The Hall–Kier alpha value is -2.63. The first-order valence-electron chi connectivity index (χ1n) is 9.66. The molecule has 2 aliphatic heterocycles. The van der Waals surface area contributed by atoms with Crippen molar-refractivity contribution < 1.29 is 9.59 Å². The number of piperidine rings is 1. The van der Waals surface area contributed by atoms with Gasteiger partial charge in [0.2, 0.25) is 11.8 Å². The first-order chi connectivity index (χ1) is 13.1. The number of likely N-dealkylation sites (tertiary alicyclic amines) is 2. The third-order valence-corrected chi connectivity index (χ3v) is 5.84. The molecule has 0 saturated carbocycles. The van der Waals surface area contributed by atoms with Crippen LogP contribution in [-0.4, -0.2) is 51.0 Å². The molecule has 1 atom stereocenters. The van der Waals surface area contributed by atoms with Crippen LogP contribution in [0.1, 0.15) is 30.4 Å². The van der Waals surface area contributed by atoms with Gasteiger partial charge in [0, 0.05) is 38.6 Å². The third kappa shape index (κ3) is 3.61. The number of carbonyl (C=O) groups excluding carboxylic acids is 2. The lowest BCUT2D eigenvalue weighted by Gasteiger charge is -2.39. The minimum Gasteiger partial charge on any atom is -0.340 e. The van der Waals surface area contributed by atoms with E-state index in [1.165, 1.54) is 11.1 Å². The van der Waals surface area contributed by atoms with E-state index in [1.807, 2.05) is 21.9 Å². The maximum absolute atomic E-state index is 13.3. The molecule has 2 saturated heterocycles. The number of rotatable bonds is 4. The van der Waals surface area contributed by atoms with Crippen LogP contribution < -0.4 is 0 Å². The highest BCUT2D eigenvalue weighted by Crippen LogP contribution is 2.40. The van der Waals surface area contributed by atoms with Gasteiger partial charge in [-0.25, -0.2) is 0 Å². The zero-order valence-corrected chi connectivity index (χ0v) is 15.8. The zero-order chi connectivity index (χ0) is 18.9. The summed E-state index contributed by atoms with van der Waals surface area (Å²) in [5.41, 5.74) is 1.98. The highest BCUT2D eigenvalue weighted by molar-refractivity contribution is 5.86. The highest BCUT2D eigenvalue weighted by Gasteiger charge is 2.49. The summed E-state index contributed by atoms with van der Waals surface area (Å²) in [5.74, 6) is 0.254. The fourth-order valence-electron chi connectivity index (χ4n) is 4.43. The quantitative estimate of drug-likeness (QED) is 0.834. The number of aromatic nitrogens is 2. The average Bonchev–Trinajstić information content (AvgIpc) is 3.30. The first kappa shape index (κ1) is 17.8. The maximum atomic E-state index is 13.3. The van der Waals surface area contributed by atoms with E-state index in [4.69, 9.17) is 0 Å². The Morgan fingerprint density at radius 1 is 1.22 bits per heavy atom. The van der Waals surface area contributed by atoms with Crippen molar-refractivity contribution >= 4 is 11.8 Å². The van der Waals surface area contributed by atoms with Crippen LogP contribution >= 0.6 is 0 Å². The molecule has 1 spiro atoms. The lowest BCUT2D eigenvalue weighted by atomic mass is 9.78. The summed E-state index contributed by atoms with van der Waals surface area (Å²) in [5, 5.41) is 4.11. The molecule has 0 bridgehead atoms. The molecule has 27 heavy (non-hydrogen) atoms. The number of aryl methyl sites for hydroxylation is 1. The van der Waals surface area contributed by atoms with E-state index in [2.05, 4.69) is 30.2 Å². The van der Waals surface area contributed by atoms with Gasteiger partial charge in [0.25, 0.3) is 0 Å². The van der Waals surface area contributed by atoms with Crippen molar-refractivity contribution in [2.75, 3.05) is 19.6 Å². The molecule has 2 amide bonds. The van der Waals surface area contributed by atoms with E-state index in [0.29, 0.717) is 19.6 Å². The minimum atomic E-state index is -0.401. The van der Waals surface area contributed by atoms with Gasteiger partial charge in [-0.15, -0.1) is 0 Å². The lowest BCUT2D eigenvalue weighted by molar-refractivity contribution is -0.146. The Bertz CT molecular complexity index is 832. The molecule has 1 aromatic carbocycles. The summed E-state index contributed by atoms with van der Waals surface area (Å²) in [4.78, 5) is 29.7. The number of hydrogen-bond donors (Lipinski definition) is 0. The minimum absolute atomic E-state index is 0.0409. The van der Waals surface area contributed by atoms with Crippen molar-refractivity contribution in [3.05, 3.63) is 53.9 Å². The van der Waals surface area contributed by atoms with Gasteiger partial charge in [-0.1, -0.05) is 29.8 Å². The van der Waals surface area contributed by atoms with E-state index in [0.717, 1.165) is 25.8 Å². The molecule has 0 N–H and O–H groups in total. The van der Waals surface area contributed by atoms with Gasteiger partial charge in [0.1, 0.15) is 6.54 Å². The summed E-state index contributed by atoms with van der Waals surface area (Å²) in [7, 11) is 0. The zero-order valence-electron chi connectivity index (χ0n) is 15.8. The first-order valence-corrected chi connectivity index (χ1v) is 9.66. The Balaban J connectivity index is 1.43. The van der Waals surface area contributed by atoms with Gasteiger partial charge in [-0.2, -0.15) is 5.10 Å². The molecular weight excluding hydrogens is 340 g/mol.